The molecule has 0 unspecified atom stereocenters. The third-order valence-corrected chi connectivity index (χ3v) is 5.09. The SMILES string of the molecule is CCCOCCCN(CC#N)S(=O)(=O)Cc1cccc(C(F)(F)F)c1. The van der Waals surface area contributed by atoms with E-state index < -0.39 is 27.5 Å². The predicted octanol–water partition coefficient (Wildman–Crippen LogP) is 3.18. The molecule has 0 amide bonds. The van der Waals surface area contributed by atoms with Crippen molar-refractivity contribution < 1.29 is 26.3 Å². The first-order valence-corrected chi connectivity index (χ1v) is 9.40. The fraction of sp³-hybridized carbons (Fsp3) is 0.562. The highest BCUT2D eigenvalue weighted by molar-refractivity contribution is 7.88. The summed E-state index contributed by atoms with van der Waals surface area (Å²) in [5.41, 5.74) is -0.875. The standard InChI is InChI=1S/C16H21F3N2O3S/c1-2-10-24-11-4-8-21(9-7-20)25(22,23)13-14-5-3-6-15(12-14)16(17,18)19/h3,5-6,12H,2,4,8-11,13H2,1H3. The number of alkyl halides is 3. The van der Waals surface area contributed by atoms with Gasteiger partial charge in [0.1, 0.15) is 6.54 Å². The highest BCUT2D eigenvalue weighted by Crippen LogP contribution is 2.30. The zero-order valence-electron chi connectivity index (χ0n) is 13.9. The quantitative estimate of drug-likeness (QED) is 0.463. The maximum Gasteiger partial charge on any atom is 0.416 e. The van der Waals surface area contributed by atoms with Gasteiger partial charge in [0.2, 0.25) is 10.0 Å². The number of sulfonamides is 1. The van der Waals surface area contributed by atoms with Gasteiger partial charge in [-0.05, 0) is 24.5 Å². The molecule has 0 aliphatic rings. The number of rotatable bonds is 10. The lowest BCUT2D eigenvalue weighted by Gasteiger charge is -2.19. The summed E-state index contributed by atoms with van der Waals surface area (Å²) < 4.78 is 69.3. The zero-order valence-corrected chi connectivity index (χ0v) is 14.7. The number of ether oxygens (including phenoxy) is 1. The first-order chi connectivity index (χ1) is 11.7. The maximum atomic E-state index is 12.7. The van der Waals surface area contributed by atoms with Crippen molar-refractivity contribution in [1.82, 2.24) is 4.31 Å². The van der Waals surface area contributed by atoms with Gasteiger partial charge in [0.05, 0.1) is 17.4 Å². The minimum absolute atomic E-state index is 0.0278. The van der Waals surface area contributed by atoms with Crippen LogP contribution >= 0.6 is 0 Å². The van der Waals surface area contributed by atoms with Crippen LogP contribution in [0.2, 0.25) is 0 Å². The van der Waals surface area contributed by atoms with E-state index in [0.717, 1.165) is 22.9 Å². The maximum absolute atomic E-state index is 12.7. The molecule has 1 aromatic carbocycles. The topological polar surface area (TPSA) is 70.4 Å². The molecule has 25 heavy (non-hydrogen) atoms. The molecule has 0 bridgehead atoms. The molecule has 0 heterocycles. The molecule has 0 N–H and O–H groups in total. The number of halogens is 3. The Balaban J connectivity index is 2.80. The molecular formula is C16H21F3N2O3S. The molecule has 0 aromatic heterocycles. The van der Waals surface area contributed by atoms with Gasteiger partial charge in [-0.25, -0.2) is 8.42 Å². The lowest BCUT2D eigenvalue weighted by molar-refractivity contribution is -0.137. The number of benzene rings is 1. The molecule has 0 radical (unpaired) electrons. The Morgan fingerprint density at radius 1 is 1.28 bits per heavy atom. The van der Waals surface area contributed by atoms with Crippen molar-refractivity contribution in [3.8, 4) is 6.07 Å². The Morgan fingerprint density at radius 2 is 2.00 bits per heavy atom. The molecular weight excluding hydrogens is 357 g/mol. The monoisotopic (exact) mass is 378 g/mol. The smallest absolute Gasteiger partial charge is 0.381 e. The molecule has 0 aliphatic heterocycles. The Labute approximate surface area is 146 Å². The van der Waals surface area contributed by atoms with E-state index in [0.29, 0.717) is 19.6 Å². The van der Waals surface area contributed by atoms with E-state index in [2.05, 4.69) is 0 Å². The summed E-state index contributed by atoms with van der Waals surface area (Å²) >= 11 is 0. The highest BCUT2D eigenvalue weighted by atomic mass is 32.2. The third-order valence-electron chi connectivity index (χ3n) is 3.29. The summed E-state index contributed by atoms with van der Waals surface area (Å²) in [5.74, 6) is -0.589. The van der Waals surface area contributed by atoms with Crippen LogP contribution in [0.5, 0.6) is 0 Å². The van der Waals surface area contributed by atoms with E-state index in [1.807, 2.05) is 6.92 Å². The van der Waals surface area contributed by atoms with Gasteiger partial charge >= 0.3 is 6.18 Å². The number of hydrogen-bond donors (Lipinski definition) is 0. The number of hydrogen-bond acceptors (Lipinski definition) is 4. The van der Waals surface area contributed by atoms with Gasteiger partial charge in [-0.15, -0.1) is 0 Å². The van der Waals surface area contributed by atoms with Crippen LogP contribution in [0.1, 0.15) is 30.9 Å². The zero-order chi connectivity index (χ0) is 18.9. The molecule has 5 nitrogen and oxygen atoms in total. The van der Waals surface area contributed by atoms with Crippen LogP contribution in [0.4, 0.5) is 13.2 Å². The first-order valence-electron chi connectivity index (χ1n) is 7.79. The fourth-order valence-electron chi connectivity index (χ4n) is 2.12. The van der Waals surface area contributed by atoms with Gasteiger partial charge in [-0.3, -0.25) is 0 Å². The van der Waals surface area contributed by atoms with Crippen molar-refractivity contribution in [3.63, 3.8) is 0 Å². The summed E-state index contributed by atoms with van der Waals surface area (Å²) in [5, 5.41) is 8.82. The van der Waals surface area contributed by atoms with Gasteiger partial charge in [-0.1, -0.05) is 25.1 Å². The average Bonchev–Trinajstić information content (AvgIpc) is 2.52. The molecule has 1 rings (SSSR count). The van der Waals surface area contributed by atoms with Crippen LogP contribution in [0, 0.1) is 11.3 Å². The molecule has 0 spiro atoms. The summed E-state index contributed by atoms with van der Waals surface area (Å²) in [6.07, 6.45) is -3.29. The molecule has 1 aromatic rings. The third kappa shape index (κ3) is 7.42. The van der Waals surface area contributed by atoms with Gasteiger partial charge < -0.3 is 4.74 Å². The second kappa shape index (κ2) is 9.75. The van der Waals surface area contributed by atoms with E-state index in [4.69, 9.17) is 10.00 Å². The van der Waals surface area contributed by atoms with Crippen LogP contribution in [0.15, 0.2) is 24.3 Å². The largest absolute Gasteiger partial charge is 0.416 e. The van der Waals surface area contributed by atoms with Crippen molar-refractivity contribution in [2.45, 2.75) is 31.7 Å². The molecule has 0 atom stereocenters. The van der Waals surface area contributed by atoms with Gasteiger partial charge in [0.15, 0.2) is 0 Å². The molecule has 0 saturated heterocycles. The average molecular weight is 378 g/mol. The Kier molecular flexibility index (Phi) is 8.35. The molecule has 0 saturated carbocycles. The van der Waals surface area contributed by atoms with E-state index >= 15 is 0 Å². The van der Waals surface area contributed by atoms with E-state index in [9.17, 15) is 21.6 Å². The van der Waals surface area contributed by atoms with E-state index in [1.165, 1.54) is 12.1 Å². The van der Waals surface area contributed by atoms with Crippen LogP contribution in [0.3, 0.4) is 0 Å². The van der Waals surface area contributed by atoms with E-state index in [1.54, 1.807) is 6.07 Å². The van der Waals surface area contributed by atoms with Crippen LogP contribution in [0.25, 0.3) is 0 Å². The molecule has 9 heteroatoms. The normalized spacial score (nSPS) is 12.3. The van der Waals surface area contributed by atoms with Crippen molar-refractivity contribution in [1.29, 1.82) is 5.26 Å². The van der Waals surface area contributed by atoms with Gasteiger partial charge in [-0.2, -0.15) is 22.7 Å². The molecule has 0 fully saturated rings. The summed E-state index contributed by atoms with van der Waals surface area (Å²) in [7, 11) is -3.90. The second-order valence-electron chi connectivity index (χ2n) is 5.41. The van der Waals surface area contributed by atoms with Gasteiger partial charge in [0, 0.05) is 19.8 Å². The molecule has 140 valence electrons. The van der Waals surface area contributed by atoms with Crippen molar-refractivity contribution in [2.75, 3.05) is 26.3 Å². The number of nitrogens with zero attached hydrogens (tertiary/aromatic N) is 2. The number of nitriles is 1. The van der Waals surface area contributed by atoms with Crippen molar-refractivity contribution in [3.05, 3.63) is 35.4 Å². The summed E-state index contributed by atoms with van der Waals surface area (Å²) in [4.78, 5) is 0. The van der Waals surface area contributed by atoms with Crippen LogP contribution < -0.4 is 0 Å². The summed E-state index contributed by atoms with van der Waals surface area (Å²) in [6, 6.07) is 5.96. The second-order valence-corrected chi connectivity index (χ2v) is 7.38. The minimum atomic E-state index is -4.54. The Morgan fingerprint density at radius 3 is 2.60 bits per heavy atom. The fourth-order valence-corrected chi connectivity index (χ4v) is 3.57. The van der Waals surface area contributed by atoms with Crippen molar-refractivity contribution in [2.24, 2.45) is 0 Å². The Bertz CT molecular complexity index is 685. The summed E-state index contributed by atoms with van der Waals surface area (Å²) in [6.45, 7) is 2.60. The lowest BCUT2D eigenvalue weighted by Crippen LogP contribution is -2.34. The first kappa shape index (κ1) is 21.4. The lowest BCUT2D eigenvalue weighted by atomic mass is 10.1. The predicted molar refractivity (Wildman–Crippen MR) is 87.0 cm³/mol. The van der Waals surface area contributed by atoms with Gasteiger partial charge in [0.25, 0.3) is 0 Å². The van der Waals surface area contributed by atoms with Crippen LogP contribution in [-0.4, -0.2) is 39.0 Å². The van der Waals surface area contributed by atoms with E-state index in [-0.39, 0.29) is 18.7 Å². The Hall–Kier alpha value is -1.63. The minimum Gasteiger partial charge on any atom is -0.381 e. The highest BCUT2D eigenvalue weighted by Gasteiger charge is 2.31. The molecule has 0 aliphatic carbocycles. The van der Waals surface area contributed by atoms with Crippen LogP contribution in [-0.2, 0) is 26.7 Å². The van der Waals surface area contributed by atoms with Crippen molar-refractivity contribution >= 4 is 10.0 Å².